The summed E-state index contributed by atoms with van der Waals surface area (Å²) in [5.41, 5.74) is 0.477. The van der Waals surface area contributed by atoms with E-state index in [1.165, 1.54) is 37.7 Å². The Kier molecular flexibility index (Phi) is 7.03. The first kappa shape index (κ1) is 18.4. The fraction of sp³-hybridized carbons (Fsp3) is 0.611. The molecule has 0 aliphatic carbocycles. The second-order valence-electron chi connectivity index (χ2n) is 6.79. The zero-order valence-electron chi connectivity index (χ0n) is 13.9. The van der Waals surface area contributed by atoms with Gasteiger partial charge >= 0.3 is 0 Å². The van der Waals surface area contributed by atoms with Crippen molar-refractivity contribution in [2.45, 2.75) is 33.1 Å². The van der Waals surface area contributed by atoms with E-state index in [-0.39, 0.29) is 11.7 Å². The normalized spacial score (nSPS) is 22.1. The Labute approximate surface area is 146 Å². The first-order valence-corrected chi connectivity index (χ1v) is 9.20. The van der Waals surface area contributed by atoms with Gasteiger partial charge in [-0.1, -0.05) is 13.8 Å². The number of carbonyl (C=O) groups excluding carboxylic acids is 1. The number of rotatable bonds is 6. The van der Waals surface area contributed by atoms with Crippen molar-refractivity contribution in [1.29, 1.82) is 0 Å². The first-order valence-electron chi connectivity index (χ1n) is 8.41. The lowest BCUT2D eigenvalue weighted by atomic mass is 9.92. The lowest BCUT2D eigenvalue weighted by molar-refractivity contribution is 0.0951. The summed E-state index contributed by atoms with van der Waals surface area (Å²) in [5, 5.41) is 2.90. The van der Waals surface area contributed by atoms with E-state index in [2.05, 4.69) is 40.0 Å². The Bertz CT molecular complexity index is 528. The monoisotopic (exact) mass is 384 g/mol. The number of hydrogen-bond acceptors (Lipinski definition) is 2. The van der Waals surface area contributed by atoms with Crippen LogP contribution in [0.1, 0.15) is 43.5 Å². The van der Waals surface area contributed by atoms with Crippen molar-refractivity contribution >= 4 is 21.8 Å². The molecule has 128 valence electrons. The molecule has 1 aliphatic rings. The van der Waals surface area contributed by atoms with Crippen LogP contribution in [0.4, 0.5) is 4.39 Å². The van der Waals surface area contributed by atoms with Crippen LogP contribution >= 0.6 is 15.9 Å². The number of nitrogens with one attached hydrogen (secondary N) is 1. The van der Waals surface area contributed by atoms with Crippen LogP contribution in [0, 0.1) is 17.7 Å². The molecule has 1 saturated heterocycles. The molecule has 0 radical (unpaired) electrons. The molecule has 23 heavy (non-hydrogen) atoms. The van der Waals surface area contributed by atoms with Crippen molar-refractivity contribution in [3.8, 4) is 0 Å². The predicted molar refractivity (Wildman–Crippen MR) is 95.1 cm³/mol. The fourth-order valence-electron chi connectivity index (χ4n) is 3.41. The van der Waals surface area contributed by atoms with Gasteiger partial charge in [-0.05, 0) is 71.8 Å². The smallest absolute Gasteiger partial charge is 0.252 e. The Morgan fingerprint density at radius 3 is 2.65 bits per heavy atom. The van der Waals surface area contributed by atoms with Crippen LogP contribution in [0.25, 0.3) is 0 Å². The maximum Gasteiger partial charge on any atom is 0.252 e. The standard InChI is InChI=1S/C18H26BrFN2O/c1-13-9-14(2)12-22(11-13)8-4-3-7-21-18(23)16-6-5-15(20)10-17(16)19/h5-6,10,13-14H,3-4,7-9,11-12H2,1-2H3,(H,21,23)/t13-,14+. The zero-order valence-corrected chi connectivity index (χ0v) is 15.5. The quantitative estimate of drug-likeness (QED) is 0.749. The van der Waals surface area contributed by atoms with E-state index >= 15 is 0 Å². The molecule has 2 atom stereocenters. The average Bonchev–Trinajstić information content (AvgIpc) is 2.45. The molecule has 1 fully saturated rings. The minimum Gasteiger partial charge on any atom is -0.352 e. The SMILES string of the molecule is C[C@@H]1C[C@H](C)CN(CCCCNC(=O)c2ccc(F)cc2Br)C1. The summed E-state index contributed by atoms with van der Waals surface area (Å²) < 4.78 is 13.5. The highest BCUT2D eigenvalue weighted by molar-refractivity contribution is 9.10. The van der Waals surface area contributed by atoms with Gasteiger partial charge in [0.05, 0.1) is 5.56 Å². The molecule has 1 amide bonds. The molecule has 0 aromatic heterocycles. The van der Waals surface area contributed by atoms with Gasteiger partial charge in [0.1, 0.15) is 5.82 Å². The van der Waals surface area contributed by atoms with E-state index in [9.17, 15) is 9.18 Å². The first-order chi connectivity index (χ1) is 11.0. The van der Waals surface area contributed by atoms with Crippen LogP contribution in [0.3, 0.4) is 0 Å². The summed E-state index contributed by atoms with van der Waals surface area (Å²) in [6, 6.07) is 4.12. The third-order valence-electron chi connectivity index (χ3n) is 4.31. The van der Waals surface area contributed by atoms with E-state index in [0.29, 0.717) is 16.6 Å². The molecule has 1 heterocycles. The number of nitrogens with zero attached hydrogens (tertiary/aromatic N) is 1. The van der Waals surface area contributed by atoms with Crippen LogP contribution in [0.5, 0.6) is 0 Å². The molecule has 0 bridgehead atoms. The van der Waals surface area contributed by atoms with E-state index in [0.717, 1.165) is 31.2 Å². The fourth-order valence-corrected chi connectivity index (χ4v) is 3.94. The van der Waals surface area contributed by atoms with Crippen molar-refractivity contribution in [3.05, 3.63) is 34.1 Å². The van der Waals surface area contributed by atoms with Gasteiger partial charge in [0.2, 0.25) is 0 Å². The van der Waals surface area contributed by atoms with Gasteiger partial charge in [0, 0.05) is 24.1 Å². The number of carbonyl (C=O) groups is 1. The highest BCUT2D eigenvalue weighted by atomic mass is 79.9. The van der Waals surface area contributed by atoms with Gasteiger partial charge in [-0.2, -0.15) is 0 Å². The Morgan fingerprint density at radius 1 is 1.30 bits per heavy atom. The predicted octanol–water partition coefficient (Wildman–Crippen LogP) is 4.08. The number of unbranched alkanes of at least 4 members (excludes halogenated alkanes) is 1. The molecule has 3 nitrogen and oxygen atoms in total. The van der Waals surface area contributed by atoms with Crippen LogP contribution in [0.2, 0.25) is 0 Å². The highest BCUT2D eigenvalue weighted by Gasteiger charge is 2.21. The van der Waals surface area contributed by atoms with Crippen LogP contribution < -0.4 is 5.32 Å². The molecular weight excluding hydrogens is 359 g/mol. The highest BCUT2D eigenvalue weighted by Crippen LogP contribution is 2.21. The van der Waals surface area contributed by atoms with Crippen LogP contribution in [-0.2, 0) is 0 Å². The molecule has 1 aromatic rings. The number of likely N-dealkylation sites (tertiary alicyclic amines) is 1. The summed E-state index contributed by atoms with van der Waals surface area (Å²) in [7, 11) is 0. The summed E-state index contributed by atoms with van der Waals surface area (Å²) >= 11 is 3.23. The minimum absolute atomic E-state index is 0.155. The molecule has 1 N–H and O–H groups in total. The molecule has 0 saturated carbocycles. The van der Waals surface area contributed by atoms with Crippen molar-refractivity contribution in [2.24, 2.45) is 11.8 Å². The van der Waals surface area contributed by atoms with E-state index in [4.69, 9.17) is 0 Å². The van der Waals surface area contributed by atoms with Crippen LogP contribution in [0.15, 0.2) is 22.7 Å². The third kappa shape index (κ3) is 5.88. The minimum atomic E-state index is -0.349. The molecule has 0 unspecified atom stereocenters. The summed E-state index contributed by atoms with van der Waals surface area (Å²) in [6.45, 7) is 8.79. The molecule has 5 heteroatoms. The molecule has 2 rings (SSSR count). The second-order valence-corrected chi connectivity index (χ2v) is 7.65. The van der Waals surface area contributed by atoms with Crippen LogP contribution in [-0.4, -0.2) is 37.0 Å². The molecule has 1 aliphatic heterocycles. The Hall–Kier alpha value is -0.940. The summed E-state index contributed by atoms with van der Waals surface area (Å²) in [4.78, 5) is 14.6. The molecule has 0 spiro atoms. The second kappa shape index (κ2) is 8.78. The summed E-state index contributed by atoms with van der Waals surface area (Å²) in [6.07, 6.45) is 3.38. The largest absolute Gasteiger partial charge is 0.352 e. The maximum absolute atomic E-state index is 13.0. The number of amides is 1. The van der Waals surface area contributed by atoms with Gasteiger partial charge in [0.15, 0.2) is 0 Å². The lowest BCUT2D eigenvalue weighted by Crippen LogP contribution is -2.39. The lowest BCUT2D eigenvalue weighted by Gasteiger charge is -2.34. The van der Waals surface area contributed by atoms with Crippen molar-refractivity contribution in [1.82, 2.24) is 10.2 Å². The summed E-state index contributed by atoms with van der Waals surface area (Å²) in [5.74, 6) is 1.07. The van der Waals surface area contributed by atoms with E-state index < -0.39 is 0 Å². The van der Waals surface area contributed by atoms with Crippen molar-refractivity contribution < 1.29 is 9.18 Å². The topological polar surface area (TPSA) is 32.3 Å². The molecular formula is C18H26BrFN2O. The van der Waals surface area contributed by atoms with Gasteiger partial charge in [-0.15, -0.1) is 0 Å². The number of benzene rings is 1. The van der Waals surface area contributed by atoms with Gasteiger partial charge in [0.25, 0.3) is 5.91 Å². The third-order valence-corrected chi connectivity index (χ3v) is 4.96. The number of piperidine rings is 1. The van der Waals surface area contributed by atoms with Gasteiger partial charge in [-0.25, -0.2) is 4.39 Å². The van der Waals surface area contributed by atoms with E-state index in [1.807, 2.05) is 0 Å². The number of hydrogen-bond donors (Lipinski definition) is 1. The zero-order chi connectivity index (χ0) is 16.8. The number of halogens is 2. The Morgan fingerprint density at radius 2 is 2.00 bits per heavy atom. The average molecular weight is 385 g/mol. The maximum atomic E-state index is 13.0. The van der Waals surface area contributed by atoms with Gasteiger partial charge in [-0.3, -0.25) is 4.79 Å². The Balaban J connectivity index is 1.66. The van der Waals surface area contributed by atoms with Gasteiger partial charge < -0.3 is 10.2 Å². The van der Waals surface area contributed by atoms with Crippen molar-refractivity contribution in [2.75, 3.05) is 26.2 Å². The van der Waals surface area contributed by atoms with E-state index in [1.54, 1.807) is 0 Å². The molecule has 1 aromatic carbocycles. The van der Waals surface area contributed by atoms with Crippen molar-refractivity contribution in [3.63, 3.8) is 0 Å².